The van der Waals surface area contributed by atoms with Crippen LogP contribution in [-0.4, -0.2) is 16.4 Å². The first-order chi connectivity index (χ1) is 7.26. The zero-order valence-corrected chi connectivity index (χ0v) is 9.54. The molecule has 0 aliphatic carbocycles. The molecule has 2 rings (SSSR count). The van der Waals surface area contributed by atoms with E-state index in [0.29, 0.717) is 0 Å². The number of fused-ring (bicyclic) bond motifs is 1. The molecule has 0 atom stereocenters. The number of nitrogens with one attached hydrogen (secondary N) is 1. The van der Waals surface area contributed by atoms with E-state index in [1.807, 2.05) is 7.05 Å². The summed E-state index contributed by atoms with van der Waals surface area (Å²) in [5, 5.41) is 3.16. The molecule has 0 aliphatic heterocycles. The number of hydrogen-bond donors (Lipinski definition) is 1. The van der Waals surface area contributed by atoms with E-state index < -0.39 is 0 Å². The first kappa shape index (κ1) is 10.2. The fourth-order valence-corrected chi connectivity index (χ4v) is 1.92. The van der Waals surface area contributed by atoms with Gasteiger partial charge in [0.2, 0.25) is 0 Å². The molecular weight excluding hydrogens is 186 g/mol. The molecule has 0 saturated heterocycles. The van der Waals surface area contributed by atoms with Crippen LogP contribution in [0.3, 0.4) is 0 Å². The Kier molecular flexibility index (Phi) is 2.73. The van der Waals surface area contributed by atoms with Crippen molar-refractivity contribution in [3.63, 3.8) is 0 Å². The monoisotopic (exact) mass is 203 g/mol. The lowest BCUT2D eigenvalue weighted by Gasteiger charge is -2.02. The number of pyridine rings is 1. The molecule has 3 nitrogen and oxygen atoms in total. The maximum absolute atomic E-state index is 4.55. The van der Waals surface area contributed by atoms with Gasteiger partial charge in [0.15, 0.2) is 0 Å². The van der Waals surface area contributed by atoms with Gasteiger partial charge in [-0.05, 0) is 31.7 Å². The first-order valence-corrected chi connectivity index (χ1v) is 5.37. The van der Waals surface area contributed by atoms with Crippen LogP contribution in [0.1, 0.15) is 24.0 Å². The molecule has 3 heteroatoms. The molecule has 2 aromatic heterocycles. The summed E-state index contributed by atoms with van der Waals surface area (Å²) in [6.07, 6.45) is 3.08. The topological polar surface area (TPSA) is 29.3 Å². The fraction of sp³-hybridized carbons (Fsp3) is 0.417. The fourth-order valence-electron chi connectivity index (χ4n) is 1.92. The van der Waals surface area contributed by atoms with Crippen molar-refractivity contribution in [3.05, 3.63) is 35.4 Å². The summed E-state index contributed by atoms with van der Waals surface area (Å²) in [6, 6.07) is 4.35. The third kappa shape index (κ3) is 1.75. The zero-order chi connectivity index (χ0) is 10.8. The molecule has 0 saturated carbocycles. The maximum atomic E-state index is 4.55. The van der Waals surface area contributed by atoms with Crippen LogP contribution >= 0.6 is 0 Å². The van der Waals surface area contributed by atoms with Gasteiger partial charge in [0, 0.05) is 19.2 Å². The summed E-state index contributed by atoms with van der Waals surface area (Å²) in [5.74, 6) is 1.14. The minimum Gasteiger partial charge on any atom is -0.316 e. The third-order valence-electron chi connectivity index (χ3n) is 2.66. The number of nitrogens with zero attached hydrogens (tertiary/aromatic N) is 2. The maximum Gasteiger partial charge on any atom is 0.113 e. The number of imidazole rings is 1. The van der Waals surface area contributed by atoms with Crippen molar-refractivity contribution in [2.45, 2.75) is 26.8 Å². The van der Waals surface area contributed by atoms with Gasteiger partial charge in [-0.25, -0.2) is 4.98 Å². The molecule has 0 aliphatic rings. The molecule has 0 spiro atoms. The SMILES string of the molecule is CCc1nc(C)c2cc(CNC)ccn12. The van der Waals surface area contributed by atoms with Crippen LogP contribution < -0.4 is 5.32 Å². The standard InChI is InChI=1S/C12H17N3/c1-4-12-14-9(2)11-7-10(8-13-3)5-6-15(11)12/h5-7,13H,4,8H2,1-3H3. The lowest BCUT2D eigenvalue weighted by molar-refractivity contribution is 0.815. The molecule has 15 heavy (non-hydrogen) atoms. The van der Waals surface area contributed by atoms with Gasteiger partial charge >= 0.3 is 0 Å². The van der Waals surface area contributed by atoms with Crippen LogP contribution in [-0.2, 0) is 13.0 Å². The summed E-state index contributed by atoms with van der Waals surface area (Å²) >= 11 is 0. The van der Waals surface area contributed by atoms with Crippen molar-refractivity contribution in [3.8, 4) is 0 Å². The average Bonchev–Trinajstić information content (AvgIpc) is 2.56. The molecule has 80 valence electrons. The minimum absolute atomic E-state index is 0.905. The van der Waals surface area contributed by atoms with Crippen molar-refractivity contribution >= 4 is 5.52 Å². The Hall–Kier alpha value is -1.35. The Labute approximate surface area is 90.1 Å². The smallest absolute Gasteiger partial charge is 0.113 e. The second-order valence-corrected chi connectivity index (χ2v) is 3.79. The third-order valence-corrected chi connectivity index (χ3v) is 2.66. The molecular formula is C12H17N3. The van der Waals surface area contributed by atoms with Crippen LogP contribution in [0.25, 0.3) is 5.52 Å². The molecule has 0 amide bonds. The van der Waals surface area contributed by atoms with Crippen LogP contribution in [0.2, 0.25) is 0 Å². The summed E-state index contributed by atoms with van der Waals surface area (Å²) in [7, 11) is 1.96. The van der Waals surface area contributed by atoms with Gasteiger partial charge in [0.1, 0.15) is 5.82 Å². The quantitative estimate of drug-likeness (QED) is 0.826. The van der Waals surface area contributed by atoms with E-state index in [1.54, 1.807) is 0 Å². The highest BCUT2D eigenvalue weighted by Gasteiger charge is 2.06. The molecule has 2 aromatic rings. The Morgan fingerprint density at radius 1 is 1.47 bits per heavy atom. The van der Waals surface area contributed by atoms with Gasteiger partial charge in [-0.3, -0.25) is 0 Å². The average molecular weight is 203 g/mol. The highest BCUT2D eigenvalue weighted by molar-refractivity contribution is 5.54. The van der Waals surface area contributed by atoms with Crippen molar-refractivity contribution < 1.29 is 0 Å². The van der Waals surface area contributed by atoms with E-state index in [-0.39, 0.29) is 0 Å². The van der Waals surface area contributed by atoms with Crippen LogP contribution in [0.15, 0.2) is 18.3 Å². The largest absolute Gasteiger partial charge is 0.316 e. The molecule has 0 unspecified atom stereocenters. The molecule has 0 radical (unpaired) electrons. The number of hydrogen-bond acceptors (Lipinski definition) is 2. The van der Waals surface area contributed by atoms with Crippen LogP contribution in [0.5, 0.6) is 0 Å². The summed E-state index contributed by atoms with van der Waals surface area (Å²) in [6.45, 7) is 5.11. The van der Waals surface area contributed by atoms with E-state index >= 15 is 0 Å². The minimum atomic E-state index is 0.905. The molecule has 1 N–H and O–H groups in total. The van der Waals surface area contributed by atoms with Crippen LogP contribution in [0.4, 0.5) is 0 Å². The number of aromatic nitrogens is 2. The molecule has 0 bridgehead atoms. The number of rotatable bonds is 3. The highest BCUT2D eigenvalue weighted by Crippen LogP contribution is 2.14. The van der Waals surface area contributed by atoms with Gasteiger partial charge in [0.25, 0.3) is 0 Å². The Balaban J connectivity index is 2.56. The zero-order valence-electron chi connectivity index (χ0n) is 9.54. The van der Waals surface area contributed by atoms with Crippen LogP contribution in [0, 0.1) is 6.92 Å². The van der Waals surface area contributed by atoms with E-state index in [2.05, 4.69) is 46.9 Å². The van der Waals surface area contributed by atoms with Crippen molar-refractivity contribution in [2.75, 3.05) is 7.05 Å². The van der Waals surface area contributed by atoms with Gasteiger partial charge in [-0.15, -0.1) is 0 Å². The van der Waals surface area contributed by atoms with Crippen molar-refractivity contribution in [1.82, 2.24) is 14.7 Å². The second-order valence-electron chi connectivity index (χ2n) is 3.79. The predicted octanol–water partition coefficient (Wildman–Crippen LogP) is 1.92. The highest BCUT2D eigenvalue weighted by atomic mass is 15.0. The second kappa shape index (κ2) is 4.03. The summed E-state index contributed by atoms with van der Waals surface area (Å²) < 4.78 is 2.18. The Morgan fingerprint density at radius 2 is 2.27 bits per heavy atom. The van der Waals surface area contributed by atoms with Gasteiger partial charge in [-0.1, -0.05) is 6.92 Å². The van der Waals surface area contributed by atoms with Gasteiger partial charge in [0.05, 0.1) is 11.2 Å². The molecule has 0 aromatic carbocycles. The first-order valence-electron chi connectivity index (χ1n) is 5.37. The summed E-state index contributed by atoms with van der Waals surface area (Å²) in [4.78, 5) is 4.55. The Morgan fingerprint density at radius 3 is 2.93 bits per heavy atom. The van der Waals surface area contributed by atoms with E-state index in [4.69, 9.17) is 0 Å². The molecule has 2 heterocycles. The van der Waals surface area contributed by atoms with E-state index in [0.717, 1.165) is 24.5 Å². The predicted molar refractivity (Wildman–Crippen MR) is 62.1 cm³/mol. The summed E-state index contributed by atoms with van der Waals surface area (Å²) in [5.41, 5.74) is 3.64. The van der Waals surface area contributed by atoms with Gasteiger partial charge in [-0.2, -0.15) is 0 Å². The van der Waals surface area contributed by atoms with Crippen molar-refractivity contribution in [2.24, 2.45) is 0 Å². The normalized spacial score (nSPS) is 11.1. The molecule has 0 fully saturated rings. The van der Waals surface area contributed by atoms with E-state index in [9.17, 15) is 0 Å². The van der Waals surface area contributed by atoms with E-state index in [1.165, 1.54) is 11.1 Å². The van der Waals surface area contributed by atoms with Crippen molar-refractivity contribution in [1.29, 1.82) is 0 Å². The lowest BCUT2D eigenvalue weighted by Crippen LogP contribution is -2.05. The van der Waals surface area contributed by atoms with Gasteiger partial charge < -0.3 is 9.72 Å². The lowest BCUT2D eigenvalue weighted by atomic mass is 10.2. The Bertz CT molecular complexity index is 471. The number of aryl methyl sites for hydroxylation is 2.